The fourth-order valence-corrected chi connectivity index (χ4v) is 1.80. The molecule has 0 fully saturated rings. The van der Waals surface area contributed by atoms with Crippen LogP contribution in [0.3, 0.4) is 0 Å². The zero-order valence-electron chi connectivity index (χ0n) is 10.2. The maximum Gasteiger partial charge on any atom is 0.311 e. The van der Waals surface area contributed by atoms with Gasteiger partial charge in [0.05, 0.1) is 11.5 Å². The third-order valence-electron chi connectivity index (χ3n) is 2.44. The van der Waals surface area contributed by atoms with Crippen molar-refractivity contribution in [1.82, 2.24) is 14.8 Å². The van der Waals surface area contributed by atoms with Gasteiger partial charge in [0.25, 0.3) is 0 Å². The third-order valence-corrected chi connectivity index (χ3v) is 2.65. The Hall–Kier alpha value is -2.15. The van der Waals surface area contributed by atoms with E-state index in [0.29, 0.717) is 6.54 Å². The van der Waals surface area contributed by atoms with E-state index in [1.165, 1.54) is 12.1 Å². The van der Waals surface area contributed by atoms with Crippen molar-refractivity contribution in [3.05, 3.63) is 45.9 Å². The fourth-order valence-electron chi connectivity index (χ4n) is 1.65. The molecule has 1 unspecified atom stereocenters. The fraction of sp³-hybridized carbons (Fsp3) is 0.273. The lowest BCUT2D eigenvalue weighted by Gasteiger charge is -2.14. The van der Waals surface area contributed by atoms with Crippen LogP contribution in [0.25, 0.3) is 0 Å². The van der Waals surface area contributed by atoms with Crippen LogP contribution in [-0.4, -0.2) is 25.7 Å². The zero-order valence-corrected chi connectivity index (χ0v) is 10.9. The molecular formula is C11H12ClN5O2. The molecule has 0 aromatic carbocycles. The van der Waals surface area contributed by atoms with Crippen LogP contribution in [0.2, 0.25) is 5.15 Å². The van der Waals surface area contributed by atoms with Gasteiger partial charge in [0.1, 0.15) is 5.15 Å². The number of rotatable bonds is 5. The molecule has 8 heteroatoms. The second kappa shape index (κ2) is 5.66. The molecule has 2 heterocycles. The summed E-state index contributed by atoms with van der Waals surface area (Å²) >= 11 is 5.76. The number of aromatic nitrogens is 3. The van der Waals surface area contributed by atoms with Gasteiger partial charge in [-0.1, -0.05) is 11.6 Å². The smallest absolute Gasteiger partial charge is 0.311 e. The first-order chi connectivity index (χ1) is 9.06. The first-order valence-electron chi connectivity index (χ1n) is 5.61. The van der Waals surface area contributed by atoms with E-state index in [2.05, 4.69) is 15.4 Å². The van der Waals surface area contributed by atoms with Crippen LogP contribution in [0, 0.1) is 10.1 Å². The number of halogens is 1. The Kier molecular flexibility index (Phi) is 3.96. The van der Waals surface area contributed by atoms with E-state index in [1.807, 2.05) is 19.2 Å². The van der Waals surface area contributed by atoms with E-state index in [9.17, 15) is 10.1 Å². The van der Waals surface area contributed by atoms with Crippen LogP contribution in [0.4, 0.5) is 11.5 Å². The van der Waals surface area contributed by atoms with Gasteiger partial charge in [-0.3, -0.25) is 14.8 Å². The van der Waals surface area contributed by atoms with Gasteiger partial charge < -0.3 is 5.32 Å². The maximum atomic E-state index is 10.9. The van der Waals surface area contributed by atoms with Crippen molar-refractivity contribution < 1.29 is 4.92 Å². The molecule has 0 radical (unpaired) electrons. The molecule has 2 aromatic rings. The second-order valence-electron chi connectivity index (χ2n) is 4.03. The van der Waals surface area contributed by atoms with Crippen LogP contribution in [0.15, 0.2) is 30.6 Å². The summed E-state index contributed by atoms with van der Waals surface area (Å²) in [7, 11) is 0. The highest BCUT2D eigenvalue weighted by Gasteiger charge is 2.17. The van der Waals surface area contributed by atoms with Crippen LogP contribution in [0.5, 0.6) is 0 Å². The zero-order chi connectivity index (χ0) is 13.8. The normalized spacial score (nSPS) is 12.1. The van der Waals surface area contributed by atoms with Gasteiger partial charge in [0.2, 0.25) is 5.82 Å². The van der Waals surface area contributed by atoms with Gasteiger partial charge in [0.15, 0.2) is 0 Å². The van der Waals surface area contributed by atoms with Gasteiger partial charge in [-0.25, -0.2) is 4.98 Å². The molecule has 100 valence electrons. The summed E-state index contributed by atoms with van der Waals surface area (Å²) in [6.07, 6.45) is 3.49. The minimum absolute atomic E-state index is 0.0791. The average Bonchev–Trinajstić information content (AvgIpc) is 2.81. The van der Waals surface area contributed by atoms with Crippen molar-refractivity contribution >= 4 is 23.1 Å². The highest BCUT2D eigenvalue weighted by Crippen LogP contribution is 2.24. The number of hydrogen-bond acceptors (Lipinski definition) is 5. The number of nitrogens with one attached hydrogen (secondary N) is 1. The molecule has 1 N–H and O–H groups in total. The quantitative estimate of drug-likeness (QED) is 0.516. The highest BCUT2D eigenvalue weighted by atomic mass is 35.5. The van der Waals surface area contributed by atoms with Crippen LogP contribution in [0.1, 0.15) is 6.92 Å². The monoisotopic (exact) mass is 281 g/mol. The summed E-state index contributed by atoms with van der Waals surface area (Å²) in [4.78, 5) is 14.3. The van der Waals surface area contributed by atoms with E-state index in [4.69, 9.17) is 11.6 Å². The lowest BCUT2D eigenvalue weighted by Crippen LogP contribution is -2.23. The highest BCUT2D eigenvalue weighted by molar-refractivity contribution is 6.29. The number of anilines is 1. The van der Waals surface area contributed by atoms with Gasteiger partial charge in [-0.15, -0.1) is 0 Å². The molecule has 0 saturated carbocycles. The van der Waals surface area contributed by atoms with E-state index in [1.54, 1.807) is 10.9 Å². The predicted octanol–water partition coefficient (Wildman–Crippen LogP) is 2.34. The molecule has 0 saturated heterocycles. The lowest BCUT2D eigenvalue weighted by molar-refractivity contribution is -0.384. The van der Waals surface area contributed by atoms with E-state index in [0.717, 1.165) is 0 Å². The average molecular weight is 282 g/mol. The summed E-state index contributed by atoms with van der Waals surface area (Å²) in [5, 5.41) is 18.1. The number of nitro groups is 1. The number of hydrogen-bond donors (Lipinski definition) is 1. The maximum absolute atomic E-state index is 10.9. The summed E-state index contributed by atoms with van der Waals surface area (Å²) < 4.78 is 1.73. The minimum atomic E-state index is -0.494. The Bertz CT molecular complexity index is 572. The molecule has 0 spiro atoms. The summed E-state index contributed by atoms with van der Waals surface area (Å²) in [6.45, 7) is 2.45. The Morgan fingerprint density at radius 1 is 1.58 bits per heavy atom. The van der Waals surface area contributed by atoms with Crippen LogP contribution >= 0.6 is 11.6 Å². The van der Waals surface area contributed by atoms with Crippen molar-refractivity contribution in [3.63, 3.8) is 0 Å². The number of nitrogens with zero attached hydrogens (tertiary/aromatic N) is 4. The molecule has 0 aliphatic rings. The van der Waals surface area contributed by atoms with Gasteiger partial charge in [-0.05, 0) is 19.1 Å². The van der Waals surface area contributed by atoms with Crippen molar-refractivity contribution in [2.24, 2.45) is 0 Å². The third kappa shape index (κ3) is 3.41. The van der Waals surface area contributed by atoms with Crippen LogP contribution < -0.4 is 5.32 Å². The summed E-state index contributed by atoms with van der Waals surface area (Å²) in [5.74, 6) is 0.164. The molecule has 2 rings (SSSR count). The molecule has 0 aliphatic carbocycles. The molecule has 0 aliphatic heterocycles. The van der Waals surface area contributed by atoms with Crippen molar-refractivity contribution in [2.75, 3.05) is 5.32 Å². The summed E-state index contributed by atoms with van der Waals surface area (Å²) in [6, 6.07) is 4.46. The first kappa shape index (κ1) is 13.3. The van der Waals surface area contributed by atoms with Crippen molar-refractivity contribution in [2.45, 2.75) is 19.5 Å². The number of pyridine rings is 1. The van der Waals surface area contributed by atoms with Crippen LogP contribution in [-0.2, 0) is 6.54 Å². The minimum Gasteiger partial charge on any atom is -0.360 e. The van der Waals surface area contributed by atoms with Crippen molar-refractivity contribution in [3.8, 4) is 0 Å². The Morgan fingerprint density at radius 2 is 2.37 bits per heavy atom. The molecule has 1 atom stereocenters. The van der Waals surface area contributed by atoms with E-state index in [-0.39, 0.29) is 22.7 Å². The largest absolute Gasteiger partial charge is 0.360 e. The second-order valence-corrected chi connectivity index (χ2v) is 4.42. The van der Waals surface area contributed by atoms with Gasteiger partial charge >= 0.3 is 5.69 Å². The first-order valence-corrected chi connectivity index (χ1v) is 5.99. The summed E-state index contributed by atoms with van der Waals surface area (Å²) in [5.41, 5.74) is -0.100. The Balaban J connectivity index is 2.13. The molecule has 2 aromatic heterocycles. The SMILES string of the molecule is CC(Cn1cccn1)Nc1nc(Cl)ccc1[N+](=O)[O-]. The van der Waals surface area contributed by atoms with E-state index >= 15 is 0 Å². The topological polar surface area (TPSA) is 85.9 Å². The van der Waals surface area contributed by atoms with Gasteiger partial charge in [-0.2, -0.15) is 5.10 Å². The van der Waals surface area contributed by atoms with Gasteiger partial charge in [0, 0.05) is 24.5 Å². The molecule has 19 heavy (non-hydrogen) atoms. The molecule has 0 bridgehead atoms. The standard InChI is InChI=1S/C11H12ClN5O2/c1-8(7-16-6-2-5-13-16)14-11-9(17(18)19)3-4-10(12)15-11/h2-6,8H,7H2,1H3,(H,14,15). The Labute approximate surface area is 114 Å². The molecule has 7 nitrogen and oxygen atoms in total. The lowest BCUT2D eigenvalue weighted by atomic mass is 10.3. The predicted molar refractivity (Wildman–Crippen MR) is 71.2 cm³/mol. The van der Waals surface area contributed by atoms with Crippen molar-refractivity contribution in [1.29, 1.82) is 0 Å². The molecular weight excluding hydrogens is 270 g/mol. The van der Waals surface area contributed by atoms with E-state index < -0.39 is 4.92 Å². The molecule has 0 amide bonds. The Morgan fingerprint density at radius 3 is 3.00 bits per heavy atom.